The van der Waals surface area contributed by atoms with Crippen LogP contribution in [0, 0.1) is 20.2 Å². The van der Waals surface area contributed by atoms with Gasteiger partial charge in [-0.15, -0.1) is 0 Å². The van der Waals surface area contributed by atoms with Crippen LogP contribution in [0.25, 0.3) is 0 Å². The minimum absolute atomic E-state index is 0.0757. The predicted octanol–water partition coefficient (Wildman–Crippen LogP) is 3.46. The smallest absolute Gasteiger partial charge is 0.338 e. The highest BCUT2D eigenvalue weighted by Crippen LogP contribution is 2.23. The van der Waals surface area contributed by atoms with Gasteiger partial charge in [0.2, 0.25) is 0 Å². The first-order valence-corrected chi connectivity index (χ1v) is 7.60. The number of esters is 1. The molecule has 8 nitrogen and oxygen atoms in total. The number of nitrogens with zero attached hydrogens (tertiary/aromatic N) is 2. The fourth-order valence-corrected chi connectivity index (χ4v) is 2.41. The van der Waals surface area contributed by atoms with Crippen LogP contribution in [0.3, 0.4) is 0 Å². The van der Waals surface area contributed by atoms with E-state index in [9.17, 15) is 25.0 Å². The van der Waals surface area contributed by atoms with Crippen LogP contribution >= 0.6 is 0 Å². The van der Waals surface area contributed by atoms with E-state index in [1.807, 2.05) is 31.2 Å². The van der Waals surface area contributed by atoms with E-state index >= 15 is 0 Å². The molecule has 8 heteroatoms. The molecule has 0 aliphatic rings. The zero-order chi connectivity index (χ0) is 18.4. The third kappa shape index (κ3) is 4.60. The molecule has 0 spiro atoms. The highest BCUT2D eigenvalue weighted by molar-refractivity contribution is 5.91. The first kappa shape index (κ1) is 18.1. The lowest BCUT2D eigenvalue weighted by atomic mass is 10.0. The molecule has 0 aromatic heterocycles. The third-order valence-electron chi connectivity index (χ3n) is 3.66. The van der Waals surface area contributed by atoms with E-state index in [-0.39, 0.29) is 12.2 Å². The number of ether oxygens (including phenoxy) is 1. The maximum absolute atomic E-state index is 12.1. The Labute approximate surface area is 143 Å². The molecule has 0 bridgehead atoms. The molecule has 0 atom stereocenters. The van der Waals surface area contributed by atoms with E-state index in [0.29, 0.717) is 6.42 Å². The van der Waals surface area contributed by atoms with Crippen LogP contribution in [0.4, 0.5) is 11.4 Å². The molecule has 0 radical (unpaired) electrons. The largest absolute Gasteiger partial charge is 0.462 e. The number of hydrogen-bond donors (Lipinski definition) is 0. The number of aryl methyl sites for hydroxylation is 1. The summed E-state index contributed by atoms with van der Waals surface area (Å²) in [5.41, 5.74) is 0.909. The molecule has 0 aliphatic carbocycles. The fraction of sp³-hybridized carbons (Fsp3) is 0.235. The molecular weight excluding hydrogens is 328 g/mol. The monoisotopic (exact) mass is 344 g/mol. The van der Waals surface area contributed by atoms with Crippen molar-refractivity contribution in [2.24, 2.45) is 0 Å². The van der Waals surface area contributed by atoms with Crippen LogP contribution in [-0.2, 0) is 17.6 Å². The molecule has 0 unspecified atom stereocenters. The Morgan fingerprint density at radius 2 is 1.56 bits per heavy atom. The van der Waals surface area contributed by atoms with Crippen LogP contribution in [0.2, 0.25) is 0 Å². The van der Waals surface area contributed by atoms with Gasteiger partial charge < -0.3 is 4.74 Å². The van der Waals surface area contributed by atoms with Gasteiger partial charge in [-0.05, 0) is 17.5 Å². The van der Waals surface area contributed by atoms with Crippen LogP contribution in [0.5, 0.6) is 0 Å². The van der Waals surface area contributed by atoms with Crippen molar-refractivity contribution >= 4 is 17.3 Å². The number of benzene rings is 2. The molecule has 2 rings (SSSR count). The van der Waals surface area contributed by atoms with Gasteiger partial charge in [0.15, 0.2) is 0 Å². The average Bonchev–Trinajstić information content (AvgIpc) is 2.61. The van der Waals surface area contributed by atoms with Crippen molar-refractivity contribution in [2.45, 2.75) is 19.8 Å². The zero-order valence-electron chi connectivity index (χ0n) is 13.5. The van der Waals surface area contributed by atoms with E-state index in [0.717, 1.165) is 35.7 Å². The van der Waals surface area contributed by atoms with Crippen molar-refractivity contribution in [3.63, 3.8) is 0 Å². The number of rotatable bonds is 7. The first-order chi connectivity index (χ1) is 11.9. The molecular formula is C17H16N2O6. The summed E-state index contributed by atoms with van der Waals surface area (Å²) in [7, 11) is 0. The molecule has 25 heavy (non-hydrogen) atoms. The van der Waals surface area contributed by atoms with Crippen molar-refractivity contribution in [3.05, 3.63) is 79.4 Å². The Kier molecular flexibility index (Phi) is 5.78. The second-order valence-corrected chi connectivity index (χ2v) is 5.26. The normalized spacial score (nSPS) is 10.3. The van der Waals surface area contributed by atoms with Crippen molar-refractivity contribution in [1.29, 1.82) is 0 Å². The summed E-state index contributed by atoms with van der Waals surface area (Å²) in [6.45, 7) is 2.10. The topological polar surface area (TPSA) is 113 Å². The number of hydrogen-bond acceptors (Lipinski definition) is 6. The molecule has 0 aliphatic heterocycles. The number of carbonyl (C=O) groups is 1. The predicted molar refractivity (Wildman–Crippen MR) is 89.6 cm³/mol. The molecule has 0 fully saturated rings. The molecule has 0 N–H and O–H groups in total. The maximum atomic E-state index is 12.1. The van der Waals surface area contributed by atoms with Crippen molar-refractivity contribution in [1.82, 2.24) is 0 Å². The summed E-state index contributed by atoms with van der Waals surface area (Å²) in [6.07, 6.45) is 1.34. The molecule has 130 valence electrons. The second-order valence-electron chi connectivity index (χ2n) is 5.26. The average molecular weight is 344 g/mol. The number of nitro benzene ring substituents is 2. The van der Waals surface area contributed by atoms with E-state index < -0.39 is 27.2 Å². The summed E-state index contributed by atoms with van der Waals surface area (Å²) in [4.78, 5) is 32.2. The zero-order valence-corrected chi connectivity index (χ0v) is 13.5. The van der Waals surface area contributed by atoms with Gasteiger partial charge in [0, 0.05) is 18.6 Å². The Hall–Kier alpha value is -3.29. The Balaban J connectivity index is 2.10. The van der Waals surface area contributed by atoms with Gasteiger partial charge >= 0.3 is 5.97 Å². The lowest BCUT2D eigenvalue weighted by Gasteiger charge is -2.08. The Morgan fingerprint density at radius 1 is 1.00 bits per heavy atom. The number of carbonyl (C=O) groups excluding carboxylic acids is 1. The van der Waals surface area contributed by atoms with E-state index in [1.54, 1.807) is 0 Å². The SMILES string of the molecule is CCc1ccccc1CCOC(=O)c1cc([N+](=O)[O-])cc([N+](=O)[O-])c1. The standard InChI is InChI=1S/C17H16N2O6/c1-2-12-5-3-4-6-13(12)7-8-25-17(20)14-9-15(18(21)22)11-16(10-14)19(23)24/h3-6,9-11H,2,7-8H2,1H3. The van der Waals surface area contributed by atoms with Crippen LogP contribution in [0.15, 0.2) is 42.5 Å². The molecule has 2 aromatic carbocycles. The summed E-state index contributed by atoms with van der Waals surface area (Å²) in [6, 6.07) is 10.5. The molecule has 0 amide bonds. The van der Waals surface area contributed by atoms with Crippen molar-refractivity contribution in [3.8, 4) is 0 Å². The van der Waals surface area contributed by atoms with Gasteiger partial charge in [0.25, 0.3) is 11.4 Å². The summed E-state index contributed by atoms with van der Waals surface area (Å²) in [5, 5.41) is 21.7. The second kappa shape index (κ2) is 8.00. The Morgan fingerprint density at radius 3 is 2.08 bits per heavy atom. The highest BCUT2D eigenvalue weighted by Gasteiger charge is 2.20. The van der Waals surface area contributed by atoms with Crippen molar-refractivity contribution in [2.75, 3.05) is 6.61 Å². The fourth-order valence-electron chi connectivity index (χ4n) is 2.41. The lowest BCUT2D eigenvalue weighted by Crippen LogP contribution is -2.10. The van der Waals surface area contributed by atoms with Crippen LogP contribution in [-0.4, -0.2) is 22.4 Å². The van der Waals surface area contributed by atoms with Crippen LogP contribution < -0.4 is 0 Å². The van der Waals surface area contributed by atoms with Crippen molar-refractivity contribution < 1.29 is 19.4 Å². The highest BCUT2D eigenvalue weighted by atomic mass is 16.6. The Bertz CT molecular complexity index is 786. The van der Waals surface area contributed by atoms with Gasteiger partial charge in [0.05, 0.1) is 28.1 Å². The van der Waals surface area contributed by atoms with Gasteiger partial charge in [-0.2, -0.15) is 0 Å². The molecule has 0 saturated carbocycles. The summed E-state index contributed by atoms with van der Waals surface area (Å²) >= 11 is 0. The third-order valence-corrected chi connectivity index (χ3v) is 3.66. The minimum Gasteiger partial charge on any atom is -0.462 e. The molecule has 2 aromatic rings. The quantitative estimate of drug-likeness (QED) is 0.432. The first-order valence-electron chi connectivity index (χ1n) is 7.60. The number of nitro groups is 2. The minimum atomic E-state index is -0.833. The van der Waals surface area contributed by atoms with E-state index in [1.165, 1.54) is 0 Å². The lowest BCUT2D eigenvalue weighted by molar-refractivity contribution is -0.394. The van der Waals surface area contributed by atoms with Gasteiger partial charge in [-0.1, -0.05) is 31.2 Å². The number of non-ortho nitro benzene ring substituents is 2. The molecule has 0 heterocycles. The summed E-state index contributed by atoms with van der Waals surface area (Å²) < 4.78 is 5.12. The summed E-state index contributed by atoms with van der Waals surface area (Å²) in [5.74, 6) is -0.833. The van der Waals surface area contributed by atoms with Crippen LogP contribution in [0.1, 0.15) is 28.4 Å². The van der Waals surface area contributed by atoms with E-state index in [4.69, 9.17) is 4.74 Å². The van der Waals surface area contributed by atoms with Gasteiger partial charge in [-0.3, -0.25) is 20.2 Å². The van der Waals surface area contributed by atoms with Gasteiger partial charge in [-0.25, -0.2) is 4.79 Å². The maximum Gasteiger partial charge on any atom is 0.338 e. The van der Waals surface area contributed by atoms with E-state index in [2.05, 4.69) is 0 Å². The van der Waals surface area contributed by atoms with Gasteiger partial charge in [0.1, 0.15) is 0 Å². The molecule has 0 saturated heterocycles.